The van der Waals surface area contributed by atoms with Crippen molar-refractivity contribution in [2.24, 2.45) is 5.73 Å². The molecule has 9 heteroatoms. The second-order valence-electron chi connectivity index (χ2n) is 5.90. The molecule has 0 saturated carbocycles. The molecule has 8 nitrogen and oxygen atoms in total. The fourth-order valence-corrected chi connectivity index (χ4v) is 2.93. The summed E-state index contributed by atoms with van der Waals surface area (Å²) >= 11 is 0. The van der Waals surface area contributed by atoms with Crippen molar-refractivity contribution in [3.8, 4) is 17.2 Å². The van der Waals surface area contributed by atoms with Crippen LogP contribution in [0.15, 0.2) is 42.5 Å². The number of carbonyl (C=O) groups excluding carboxylic acids is 1. The normalized spacial score (nSPS) is 11.2. The molecular formula is C20H24N4O4S. The molecule has 29 heavy (non-hydrogen) atoms. The summed E-state index contributed by atoms with van der Waals surface area (Å²) in [5.41, 5.74) is 12.4. The van der Waals surface area contributed by atoms with Crippen molar-refractivity contribution in [2.75, 3.05) is 18.5 Å². The number of anilines is 1. The molecule has 0 saturated heterocycles. The zero-order chi connectivity index (χ0) is 21.4. The van der Waals surface area contributed by atoms with E-state index in [1.54, 1.807) is 42.5 Å². The van der Waals surface area contributed by atoms with Crippen LogP contribution in [0.4, 0.5) is 5.69 Å². The van der Waals surface area contributed by atoms with Gasteiger partial charge in [0.1, 0.15) is 22.3 Å². The molecule has 1 amide bonds. The number of rotatable bonds is 9. The number of nitrogen functional groups attached to an aromatic ring is 1. The molecule has 5 N–H and O–H groups in total. The van der Waals surface area contributed by atoms with Crippen molar-refractivity contribution >= 4 is 27.8 Å². The average molecular weight is 417 g/mol. The smallest absolute Gasteiger partial charge is 0.262 e. The second kappa shape index (κ2) is 10.2. The van der Waals surface area contributed by atoms with Crippen LogP contribution >= 0.6 is 0 Å². The molecule has 154 valence electrons. The molecular weight excluding hydrogens is 392 g/mol. The van der Waals surface area contributed by atoms with E-state index in [0.29, 0.717) is 41.5 Å². The summed E-state index contributed by atoms with van der Waals surface area (Å²) in [7, 11) is -2.01. The van der Waals surface area contributed by atoms with Crippen LogP contribution in [0.2, 0.25) is 0 Å². The first kappa shape index (κ1) is 21.9. The number of nitrogens with one attached hydrogen (secondary N) is 3. The third kappa shape index (κ3) is 6.03. The first-order chi connectivity index (χ1) is 13.8. The van der Waals surface area contributed by atoms with Gasteiger partial charge >= 0.3 is 0 Å². The lowest BCUT2D eigenvalue weighted by Gasteiger charge is -2.20. The number of amides is 1. The van der Waals surface area contributed by atoms with Gasteiger partial charge in [0, 0.05) is 11.3 Å². The maximum Gasteiger partial charge on any atom is 0.262 e. The summed E-state index contributed by atoms with van der Waals surface area (Å²) in [5, 5.41) is 10.5. The Morgan fingerprint density at radius 2 is 1.76 bits per heavy atom. The quantitative estimate of drug-likeness (QED) is 0.367. The minimum atomic E-state index is -2.01. The number of hydrogen-bond acceptors (Lipinski definition) is 6. The van der Waals surface area contributed by atoms with Crippen LogP contribution in [0, 0.1) is 11.1 Å². The third-order valence-electron chi connectivity index (χ3n) is 3.87. The van der Waals surface area contributed by atoms with Gasteiger partial charge in [-0.1, -0.05) is 11.8 Å². The fourth-order valence-electron chi connectivity index (χ4n) is 2.62. The zero-order valence-corrected chi connectivity index (χ0v) is 17.0. The van der Waals surface area contributed by atoms with Crippen molar-refractivity contribution in [3.05, 3.63) is 53.6 Å². The Bertz CT molecular complexity index is 1000. The van der Waals surface area contributed by atoms with Crippen LogP contribution in [0.3, 0.4) is 0 Å². The molecule has 0 aliphatic carbocycles. The van der Waals surface area contributed by atoms with E-state index in [-0.39, 0.29) is 5.84 Å². The van der Waals surface area contributed by atoms with Gasteiger partial charge in [0.2, 0.25) is 0 Å². The summed E-state index contributed by atoms with van der Waals surface area (Å²) in [6, 6.07) is 10.9. The molecule has 0 aromatic heterocycles. The molecule has 0 aliphatic rings. The van der Waals surface area contributed by atoms with Gasteiger partial charge < -0.3 is 20.5 Å². The largest absolute Gasteiger partial charge is 0.490 e. The number of ether oxygens (including phenoxy) is 2. The van der Waals surface area contributed by atoms with Gasteiger partial charge in [0.25, 0.3) is 5.91 Å². The summed E-state index contributed by atoms with van der Waals surface area (Å²) in [5.74, 6) is 0.419. The third-order valence-corrected chi connectivity index (χ3v) is 4.27. The standard InChI is InChI=1S/C20H24N4O4S/c1-4-27-16-11-8-14(12-17(16)28-5-2)18(20(25)24-29(3)26)23-15-9-6-13(7-10-15)19(21)22/h3,6-12,18,23H,4-5H2,1-2H3,(H3,21,22)(H,24,25,26). The van der Waals surface area contributed by atoms with Crippen molar-refractivity contribution in [3.63, 3.8) is 0 Å². The first-order valence-electron chi connectivity index (χ1n) is 8.92. The number of carbonyl (C=O) groups is 1. The van der Waals surface area contributed by atoms with E-state index in [0.717, 1.165) is 0 Å². The number of hydrogen-bond donors (Lipinski definition) is 4. The Labute approximate surface area is 171 Å². The van der Waals surface area contributed by atoms with Crippen LogP contribution in [0.5, 0.6) is 11.5 Å². The second-order valence-corrected chi connectivity index (χ2v) is 6.70. The Hall–Kier alpha value is -3.42. The first-order valence-corrected chi connectivity index (χ1v) is 10.1. The number of nitrogens with two attached hydrogens (primary N) is 1. The van der Waals surface area contributed by atoms with Crippen molar-refractivity contribution < 1.29 is 18.5 Å². The van der Waals surface area contributed by atoms with Gasteiger partial charge in [-0.3, -0.25) is 14.9 Å². The van der Waals surface area contributed by atoms with Crippen LogP contribution < -0.4 is 25.2 Å². The maximum absolute atomic E-state index is 12.6. The highest BCUT2D eigenvalue weighted by molar-refractivity contribution is 7.72. The van der Waals surface area contributed by atoms with Gasteiger partial charge in [-0.15, -0.1) is 0 Å². The van der Waals surface area contributed by atoms with E-state index in [1.165, 1.54) is 0 Å². The molecule has 0 radical (unpaired) electrons. The molecule has 0 heterocycles. The SMILES string of the molecule is C#S(=O)NC(=O)C(Nc1ccc(C(=N)N)cc1)c1ccc(OCC)c(OCC)c1. The van der Waals surface area contributed by atoms with E-state index in [1.807, 2.05) is 13.8 Å². The van der Waals surface area contributed by atoms with Crippen LogP contribution in [0.1, 0.15) is 31.0 Å². The molecule has 1 atom stereocenters. The average Bonchev–Trinajstić information content (AvgIpc) is 2.67. The predicted octanol–water partition coefficient (Wildman–Crippen LogP) is 2.29. The zero-order valence-electron chi connectivity index (χ0n) is 16.2. The molecule has 1 unspecified atom stereocenters. The number of benzene rings is 2. The van der Waals surface area contributed by atoms with Gasteiger partial charge in [0.15, 0.2) is 11.5 Å². The highest BCUT2D eigenvalue weighted by Crippen LogP contribution is 2.32. The van der Waals surface area contributed by atoms with E-state index < -0.39 is 22.3 Å². The van der Waals surface area contributed by atoms with Crippen molar-refractivity contribution in [1.29, 1.82) is 5.41 Å². The van der Waals surface area contributed by atoms with Crippen LogP contribution in [0.25, 0.3) is 0 Å². The minimum Gasteiger partial charge on any atom is -0.490 e. The molecule has 0 fully saturated rings. The molecule has 0 spiro atoms. The summed E-state index contributed by atoms with van der Waals surface area (Å²) in [4.78, 5) is 12.6. The van der Waals surface area contributed by atoms with E-state index >= 15 is 0 Å². The molecule has 0 bridgehead atoms. The summed E-state index contributed by atoms with van der Waals surface area (Å²) in [6.45, 7) is 4.60. The van der Waals surface area contributed by atoms with E-state index in [9.17, 15) is 9.00 Å². The Morgan fingerprint density at radius 1 is 1.14 bits per heavy atom. The number of amidine groups is 1. The predicted molar refractivity (Wildman–Crippen MR) is 114 cm³/mol. The van der Waals surface area contributed by atoms with Gasteiger partial charge in [-0.05, 0) is 55.8 Å². The maximum atomic E-state index is 12.6. The Kier molecular flexibility index (Phi) is 7.70. The lowest BCUT2D eigenvalue weighted by Crippen LogP contribution is -2.32. The van der Waals surface area contributed by atoms with E-state index in [2.05, 4.69) is 10.0 Å². The van der Waals surface area contributed by atoms with Crippen molar-refractivity contribution in [2.45, 2.75) is 19.9 Å². The van der Waals surface area contributed by atoms with Gasteiger partial charge in [-0.2, -0.15) is 4.21 Å². The molecule has 2 aromatic rings. The Balaban J connectivity index is 2.41. The molecule has 2 rings (SSSR count). The fraction of sp³-hybridized carbons (Fsp3) is 0.250. The highest BCUT2D eigenvalue weighted by atomic mass is 32.2. The molecule has 2 aromatic carbocycles. The van der Waals surface area contributed by atoms with E-state index in [4.69, 9.17) is 26.3 Å². The van der Waals surface area contributed by atoms with Crippen LogP contribution in [-0.4, -0.2) is 29.2 Å². The molecule has 0 aliphatic heterocycles. The van der Waals surface area contributed by atoms with Crippen molar-refractivity contribution in [1.82, 2.24) is 4.72 Å². The summed E-state index contributed by atoms with van der Waals surface area (Å²) in [6.07, 6.45) is 0. The Morgan fingerprint density at radius 3 is 2.31 bits per heavy atom. The minimum absolute atomic E-state index is 0.0581. The topological polar surface area (TPSA) is 127 Å². The lowest BCUT2D eigenvalue weighted by atomic mass is 10.0. The highest BCUT2D eigenvalue weighted by Gasteiger charge is 2.22. The monoisotopic (exact) mass is 416 g/mol. The van der Waals surface area contributed by atoms with Crippen LogP contribution in [-0.2, 0) is 15.2 Å². The lowest BCUT2D eigenvalue weighted by molar-refractivity contribution is -0.120. The summed E-state index contributed by atoms with van der Waals surface area (Å²) < 4.78 is 24.7. The van der Waals surface area contributed by atoms with Gasteiger partial charge in [-0.25, -0.2) is 0 Å². The van der Waals surface area contributed by atoms with Gasteiger partial charge in [0.05, 0.1) is 13.2 Å².